The monoisotopic (exact) mass is 425 g/mol. The van der Waals surface area contributed by atoms with Gasteiger partial charge in [-0.25, -0.2) is 24.3 Å². The van der Waals surface area contributed by atoms with Gasteiger partial charge in [-0.1, -0.05) is 11.6 Å². The number of halogens is 1. The standard InChI is InChI=1S/C20H20ClN7O2/c1-10-14-6-24-9-25-19(14)28(26-10)11(2)13-5-15(21)17(23-3)16(18(13)30-4)12-7-27(8-12)20(22)29/h5-6,9,11-12H,7-8H2,1-2,4H3,(H2,22,29). The van der Waals surface area contributed by atoms with Gasteiger partial charge in [0, 0.05) is 41.4 Å². The zero-order chi connectivity index (χ0) is 21.6. The number of aromatic nitrogens is 4. The van der Waals surface area contributed by atoms with E-state index in [9.17, 15) is 4.79 Å². The molecule has 2 amide bonds. The van der Waals surface area contributed by atoms with E-state index in [2.05, 4.69) is 19.9 Å². The molecule has 30 heavy (non-hydrogen) atoms. The molecule has 1 aliphatic rings. The van der Waals surface area contributed by atoms with E-state index in [1.807, 2.05) is 13.8 Å². The van der Waals surface area contributed by atoms with Crippen LogP contribution < -0.4 is 10.5 Å². The zero-order valence-electron chi connectivity index (χ0n) is 16.8. The van der Waals surface area contributed by atoms with Crippen LogP contribution in [0.4, 0.5) is 10.5 Å². The minimum atomic E-state index is -0.483. The molecule has 1 saturated heterocycles. The van der Waals surface area contributed by atoms with Gasteiger partial charge in [0.05, 0.1) is 30.8 Å². The SMILES string of the molecule is [C-]#[N+]c1c(Cl)cc(C(C)n2nc(C)c3cncnc32)c(OC)c1C1CN(C(N)=O)C1. The molecule has 1 aromatic carbocycles. The molecular formula is C20H20ClN7O2. The quantitative estimate of drug-likeness (QED) is 0.645. The van der Waals surface area contributed by atoms with Gasteiger partial charge >= 0.3 is 6.03 Å². The Bertz CT molecular complexity index is 1190. The smallest absolute Gasteiger partial charge is 0.314 e. The number of carbonyl (C=O) groups excluding carboxylic acids is 1. The average molecular weight is 426 g/mol. The highest BCUT2D eigenvalue weighted by molar-refractivity contribution is 6.33. The highest BCUT2D eigenvalue weighted by atomic mass is 35.5. The van der Waals surface area contributed by atoms with E-state index < -0.39 is 6.03 Å². The molecular weight excluding hydrogens is 406 g/mol. The second-order valence-electron chi connectivity index (χ2n) is 7.26. The number of rotatable bonds is 4. The fourth-order valence-corrected chi connectivity index (χ4v) is 4.22. The largest absolute Gasteiger partial charge is 0.497 e. The van der Waals surface area contributed by atoms with Gasteiger partial charge in [-0.2, -0.15) is 5.10 Å². The third kappa shape index (κ3) is 3.00. The van der Waals surface area contributed by atoms with E-state index in [0.29, 0.717) is 40.8 Å². The first kappa shape index (κ1) is 19.9. The van der Waals surface area contributed by atoms with Crippen molar-refractivity contribution in [1.82, 2.24) is 24.6 Å². The lowest BCUT2D eigenvalue weighted by Gasteiger charge is -2.40. The third-order valence-electron chi connectivity index (χ3n) is 5.56. The Balaban J connectivity index is 1.86. The van der Waals surface area contributed by atoms with Crippen molar-refractivity contribution in [3.05, 3.63) is 51.9 Å². The highest BCUT2D eigenvalue weighted by Crippen LogP contribution is 2.48. The predicted octanol–water partition coefficient (Wildman–Crippen LogP) is 3.43. The Morgan fingerprint density at radius 3 is 2.83 bits per heavy atom. The molecule has 9 nitrogen and oxygen atoms in total. The molecule has 1 aliphatic heterocycles. The minimum Gasteiger partial charge on any atom is -0.497 e. The van der Waals surface area contributed by atoms with Crippen molar-refractivity contribution in [2.75, 3.05) is 20.2 Å². The molecule has 0 saturated carbocycles. The van der Waals surface area contributed by atoms with Crippen LogP contribution in [-0.2, 0) is 0 Å². The first-order chi connectivity index (χ1) is 14.4. The number of fused-ring (bicyclic) bond motifs is 1. The number of nitrogens with zero attached hydrogens (tertiary/aromatic N) is 6. The lowest BCUT2D eigenvalue weighted by Crippen LogP contribution is -2.50. The number of carbonyl (C=O) groups is 1. The Morgan fingerprint density at radius 2 is 2.20 bits per heavy atom. The number of aryl methyl sites for hydroxylation is 1. The molecule has 4 rings (SSSR count). The number of hydrogen-bond acceptors (Lipinski definition) is 5. The Hall–Kier alpha value is -3.38. The first-order valence-electron chi connectivity index (χ1n) is 9.34. The van der Waals surface area contributed by atoms with Gasteiger partial charge in [-0.3, -0.25) is 0 Å². The Kier molecular flexibility index (Phi) is 4.95. The number of amides is 2. The summed E-state index contributed by atoms with van der Waals surface area (Å²) in [6, 6.07) is 0.994. The van der Waals surface area contributed by atoms with Crippen LogP contribution in [0.1, 0.15) is 35.7 Å². The molecule has 1 fully saturated rings. The molecule has 0 spiro atoms. The second-order valence-corrected chi connectivity index (χ2v) is 7.67. The number of ether oxygens (including phenoxy) is 1. The van der Waals surface area contributed by atoms with E-state index >= 15 is 0 Å². The van der Waals surface area contributed by atoms with Gasteiger partial charge < -0.3 is 15.4 Å². The minimum absolute atomic E-state index is 0.0837. The van der Waals surface area contributed by atoms with E-state index in [0.717, 1.165) is 16.6 Å². The summed E-state index contributed by atoms with van der Waals surface area (Å²) in [6.07, 6.45) is 3.22. The van der Waals surface area contributed by atoms with E-state index in [-0.39, 0.29) is 12.0 Å². The number of hydrogen-bond donors (Lipinski definition) is 1. The summed E-state index contributed by atoms with van der Waals surface area (Å²) in [4.78, 5) is 25.0. The number of methoxy groups -OCH3 is 1. The lowest BCUT2D eigenvalue weighted by atomic mass is 9.87. The van der Waals surface area contributed by atoms with Gasteiger partial charge in [-0.15, -0.1) is 0 Å². The molecule has 0 radical (unpaired) electrons. The molecule has 154 valence electrons. The van der Waals surface area contributed by atoms with Crippen LogP contribution in [0.2, 0.25) is 5.02 Å². The summed E-state index contributed by atoms with van der Waals surface area (Å²) in [6.45, 7) is 12.3. The summed E-state index contributed by atoms with van der Waals surface area (Å²) in [5, 5.41) is 5.84. The van der Waals surface area contributed by atoms with Crippen molar-refractivity contribution in [2.45, 2.75) is 25.8 Å². The highest BCUT2D eigenvalue weighted by Gasteiger charge is 2.36. The molecule has 2 N–H and O–H groups in total. The van der Waals surface area contributed by atoms with Crippen molar-refractivity contribution in [3.8, 4) is 5.75 Å². The van der Waals surface area contributed by atoms with Crippen LogP contribution in [0.5, 0.6) is 5.75 Å². The molecule has 3 heterocycles. The number of likely N-dealkylation sites (tertiary alicyclic amines) is 1. The zero-order valence-corrected chi connectivity index (χ0v) is 17.5. The number of primary amides is 1. The summed E-state index contributed by atoms with van der Waals surface area (Å²) < 4.78 is 7.58. The van der Waals surface area contributed by atoms with Crippen molar-refractivity contribution < 1.29 is 9.53 Å². The van der Waals surface area contributed by atoms with Gasteiger partial charge in [0.25, 0.3) is 0 Å². The van der Waals surface area contributed by atoms with Crippen LogP contribution in [0.3, 0.4) is 0 Å². The fraction of sp³-hybridized carbons (Fsp3) is 0.350. The summed E-state index contributed by atoms with van der Waals surface area (Å²) in [5.74, 6) is 0.488. The van der Waals surface area contributed by atoms with Crippen molar-refractivity contribution in [3.63, 3.8) is 0 Å². The molecule has 1 unspecified atom stereocenters. The molecule has 2 aromatic heterocycles. The summed E-state index contributed by atoms with van der Waals surface area (Å²) in [7, 11) is 1.57. The normalized spacial score (nSPS) is 15.0. The van der Waals surface area contributed by atoms with Crippen molar-refractivity contribution >= 4 is 34.4 Å². The number of benzene rings is 1. The topological polar surface area (TPSA) is 104 Å². The van der Waals surface area contributed by atoms with E-state index in [1.165, 1.54) is 11.2 Å². The van der Waals surface area contributed by atoms with Gasteiger partial charge in [0.2, 0.25) is 5.69 Å². The summed E-state index contributed by atoms with van der Waals surface area (Å²) >= 11 is 6.51. The van der Waals surface area contributed by atoms with E-state index in [4.69, 9.17) is 28.6 Å². The number of nitrogens with two attached hydrogens (primary N) is 1. The summed E-state index contributed by atoms with van der Waals surface area (Å²) in [5.41, 5.74) is 8.70. The first-order valence-corrected chi connectivity index (χ1v) is 9.72. The fourth-order valence-electron chi connectivity index (χ4n) is 3.96. The predicted molar refractivity (Wildman–Crippen MR) is 112 cm³/mol. The molecule has 1 atom stereocenters. The van der Waals surface area contributed by atoms with Crippen molar-refractivity contribution in [1.29, 1.82) is 0 Å². The maximum Gasteiger partial charge on any atom is 0.314 e. The van der Waals surface area contributed by atoms with Gasteiger partial charge in [0.15, 0.2) is 5.65 Å². The van der Waals surface area contributed by atoms with Crippen LogP contribution >= 0.6 is 11.6 Å². The molecule has 0 bridgehead atoms. The van der Waals surface area contributed by atoms with Crippen LogP contribution in [-0.4, -0.2) is 50.9 Å². The molecule has 10 heteroatoms. The lowest BCUT2D eigenvalue weighted by molar-refractivity contribution is 0.159. The van der Waals surface area contributed by atoms with Crippen LogP contribution in [0, 0.1) is 13.5 Å². The average Bonchev–Trinajstić information content (AvgIpc) is 3.03. The van der Waals surface area contributed by atoms with Gasteiger partial charge in [0.1, 0.15) is 12.1 Å². The second kappa shape index (κ2) is 7.46. The maximum atomic E-state index is 11.4. The van der Waals surface area contributed by atoms with Crippen LogP contribution in [0.25, 0.3) is 15.9 Å². The van der Waals surface area contributed by atoms with Gasteiger partial charge in [-0.05, 0) is 19.9 Å². The maximum absolute atomic E-state index is 11.4. The Labute approximate surface area is 178 Å². The number of urea groups is 1. The van der Waals surface area contributed by atoms with E-state index in [1.54, 1.807) is 24.1 Å². The van der Waals surface area contributed by atoms with Crippen LogP contribution in [0.15, 0.2) is 18.6 Å². The molecule has 3 aromatic rings. The van der Waals surface area contributed by atoms with Crippen molar-refractivity contribution in [2.24, 2.45) is 5.73 Å². The Morgan fingerprint density at radius 1 is 1.47 bits per heavy atom. The molecule has 0 aliphatic carbocycles. The third-order valence-corrected chi connectivity index (χ3v) is 5.85.